The van der Waals surface area contributed by atoms with E-state index >= 15 is 0 Å². The van der Waals surface area contributed by atoms with Gasteiger partial charge in [0, 0.05) is 0 Å². The third-order valence-electron chi connectivity index (χ3n) is 3.37. The Balaban J connectivity index is 5.72. The molecule has 178 valence electrons. The minimum absolute atomic E-state index is 0.0574. The minimum atomic E-state index is -1.68. The molecular weight excluding hydrogens is 405 g/mol. The molecule has 0 radical (unpaired) electrons. The number of hydrogen-bond acceptors (Lipinski definition) is 8. The van der Waals surface area contributed by atoms with Gasteiger partial charge in [-0.05, 0) is 75.2 Å². The van der Waals surface area contributed by atoms with Crippen LogP contribution in [-0.2, 0) is 23.8 Å². The van der Waals surface area contributed by atoms with E-state index in [0.29, 0.717) is 0 Å². The molecular formula is C21H38BNO8. The molecule has 0 aromatic rings. The fourth-order valence-corrected chi connectivity index (χ4v) is 2.36. The van der Waals surface area contributed by atoms with Gasteiger partial charge in [0.15, 0.2) is 0 Å². The maximum Gasteiger partial charge on any atom is 0.480 e. The Bertz CT molecular complexity index is 641. The number of nitrogens with one attached hydrogen (secondary N) is 1. The van der Waals surface area contributed by atoms with Gasteiger partial charge in [-0.15, -0.1) is 0 Å². The molecule has 9 nitrogen and oxygen atoms in total. The standard InChI is InChI=1S/C21H38BNO8/c1-19(2,3)29-16(24)14(11-10-12-22(27)28)13-15(17(25)30-20(4,5)6)23-18(26)31-21(7,8)9/h10,12,14-15,27-28H,11,13H2,1-9H3,(H,23,26)/b12-10+/t14-,15-/m0/s1. The van der Waals surface area contributed by atoms with Gasteiger partial charge in [0.2, 0.25) is 0 Å². The van der Waals surface area contributed by atoms with Crippen LogP contribution in [0.5, 0.6) is 0 Å². The highest BCUT2D eigenvalue weighted by Gasteiger charge is 2.34. The first-order chi connectivity index (χ1) is 13.8. The molecule has 0 rings (SSSR count). The molecule has 2 atom stereocenters. The number of carbonyl (C=O) groups is 3. The quantitative estimate of drug-likeness (QED) is 0.296. The molecule has 0 aliphatic carbocycles. The van der Waals surface area contributed by atoms with Crippen molar-refractivity contribution in [2.75, 3.05) is 0 Å². The predicted molar refractivity (Wildman–Crippen MR) is 117 cm³/mol. The van der Waals surface area contributed by atoms with Crippen molar-refractivity contribution >= 4 is 25.2 Å². The van der Waals surface area contributed by atoms with Gasteiger partial charge >= 0.3 is 25.2 Å². The Morgan fingerprint density at radius 1 is 0.839 bits per heavy atom. The Labute approximate surface area is 185 Å². The molecule has 0 spiro atoms. The predicted octanol–water partition coefficient (Wildman–Crippen LogP) is 2.53. The molecule has 10 heteroatoms. The fourth-order valence-electron chi connectivity index (χ4n) is 2.36. The van der Waals surface area contributed by atoms with Gasteiger partial charge < -0.3 is 29.6 Å². The normalized spacial score (nSPS) is 14.5. The topological polar surface area (TPSA) is 131 Å². The summed E-state index contributed by atoms with van der Waals surface area (Å²) in [5.74, 6) is -1.08. The summed E-state index contributed by atoms with van der Waals surface area (Å²) in [4.78, 5) is 37.7. The zero-order valence-corrected chi connectivity index (χ0v) is 20.1. The molecule has 0 saturated carbocycles. The van der Waals surface area contributed by atoms with E-state index < -0.39 is 53.9 Å². The highest BCUT2D eigenvalue weighted by atomic mass is 16.6. The number of ether oxygens (including phenoxy) is 3. The van der Waals surface area contributed by atoms with Crippen LogP contribution in [0.1, 0.15) is 75.2 Å². The van der Waals surface area contributed by atoms with Gasteiger partial charge in [0.05, 0.1) is 5.92 Å². The summed E-state index contributed by atoms with van der Waals surface area (Å²) in [6.45, 7) is 15.2. The number of amides is 1. The Hall–Kier alpha value is -2.07. The Kier molecular flexibility index (Phi) is 10.8. The van der Waals surface area contributed by atoms with Crippen LogP contribution >= 0.6 is 0 Å². The molecule has 0 aromatic heterocycles. The van der Waals surface area contributed by atoms with Crippen molar-refractivity contribution in [3.05, 3.63) is 12.1 Å². The first-order valence-electron chi connectivity index (χ1n) is 10.3. The van der Waals surface area contributed by atoms with Crippen LogP contribution in [0.15, 0.2) is 12.1 Å². The smallest absolute Gasteiger partial charge is 0.460 e. The lowest BCUT2D eigenvalue weighted by Crippen LogP contribution is -2.47. The Morgan fingerprint density at radius 2 is 1.29 bits per heavy atom. The number of rotatable bonds is 8. The largest absolute Gasteiger partial charge is 0.480 e. The molecule has 0 heterocycles. The molecule has 0 aliphatic heterocycles. The van der Waals surface area contributed by atoms with E-state index in [-0.39, 0.29) is 12.8 Å². The number of hydrogen-bond donors (Lipinski definition) is 3. The molecule has 0 unspecified atom stereocenters. The van der Waals surface area contributed by atoms with Crippen LogP contribution in [0, 0.1) is 5.92 Å². The zero-order valence-electron chi connectivity index (χ0n) is 20.1. The second kappa shape index (κ2) is 11.5. The van der Waals surface area contributed by atoms with E-state index in [1.807, 2.05) is 0 Å². The third kappa shape index (κ3) is 15.4. The minimum Gasteiger partial charge on any atom is -0.460 e. The second-order valence-electron chi connectivity index (χ2n) is 10.3. The van der Waals surface area contributed by atoms with Gasteiger partial charge in [0.25, 0.3) is 0 Å². The van der Waals surface area contributed by atoms with Crippen LogP contribution in [0.4, 0.5) is 4.79 Å². The van der Waals surface area contributed by atoms with Crippen molar-refractivity contribution in [1.82, 2.24) is 5.32 Å². The van der Waals surface area contributed by atoms with Gasteiger partial charge in [-0.25, -0.2) is 9.59 Å². The second-order valence-corrected chi connectivity index (χ2v) is 10.3. The number of allylic oxidation sites excluding steroid dienone is 1. The number of alkyl carbamates (subject to hydrolysis) is 1. The van der Waals surface area contributed by atoms with Crippen LogP contribution < -0.4 is 5.32 Å². The maximum atomic E-state index is 12.7. The summed E-state index contributed by atoms with van der Waals surface area (Å²) in [6, 6.07) is -1.18. The summed E-state index contributed by atoms with van der Waals surface area (Å²) in [5, 5.41) is 20.5. The molecule has 3 N–H and O–H groups in total. The summed E-state index contributed by atoms with van der Waals surface area (Å²) in [6.07, 6.45) is 0.503. The van der Waals surface area contributed by atoms with Crippen LogP contribution in [0.25, 0.3) is 0 Å². The van der Waals surface area contributed by atoms with E-state index in [4.69, 9.17) is 24.3 Å². The lowest BCUT2D eigenvalue weighted by molar-refractivity contribution is -0.162. The summed E-state index contributed by atoms with van der Waals surface area (Å²) in [5.41, 5.74) is -2.37. The van der Waals surface area contributed by atoms with Crippen molar-refractivity contribution in [2.24, 2.45) is 5.92 Å². The highest BCUT2D eigenvalue weighted by molar-refractivity contribution is 6.47. The van der Waals surface area contributed by atoms with Gasteiger partial charge in [0.1, 0.15) is 22.8 Å². The molecule has 0 saturated heterocycles. The average molecular weight is 443 g/mol. The lowest BCUT2D eigenvalue weighted by atomic mass is 9.88. The number of esters is 2. The molecule has 0 bridgehead atoms. The lowest BCUT2D eigenvalue weighted by Gasteiger charge is -2.29. The van der Waals surface area contributed by atoms with Gasteiger partial charge in [-0.1, -0.05) is 12.1 Å². The first-order valence-corrected chi connectivity index (χ1v) is 10.3. The van der Waals surface area contributed by atoms with Crippen molar-refractivity contribution in [3.63, 3.8) is 0 Å². The zero-order chi connectivity index (χ0) is 24.6. The molecule has 0 aromatic carbocycles. The highest BCUT2D eigenvalue weighted by Crippen LogP contribution is 2.21. The monoisotopic (exact) mass is 443 g/mol. The number of carbonyl (C=O) groups excluding carboxylic acids is 3. The summed E-state index contributed by atoms with van der Waals surface area (Å²) in [7, 11) is -1.68. The van der Waals surface area contributed by atoms with Gasteiger partial charge in [-0.3, -0.25) is 4.79 Å². The van der Waals surface area contributed by atoms with Crippen molar-refractivity contribution < 1.29 is 38.6 Å². The van der Waals surface area contributed by atoms with Crippen LogP contribution in [-0.4, -0.2) is 58.0 Å². The van der Waals surface area contributed by atoms with E-state index in [0.717, 1.165) is 5.98 Å². The third-order valence-corrected chi connectivity index (χ3v) is 3.37. The van der Waals surface area contributed by atoms with Crippen molar-refractivity contribution in [1.29, 1.82) is 0 Å². The molecule has 31 heavy (non-hydrogen) atoms. The van der Waals surface area contributed by atoms with Crippen molar-refractivity contribution in [2.45, 2.75) is 98.0 Å². The van der Waals surface area contributed by atoms with Crippen LogP contribution in [0.2, 0.25) is 0 Å². The molecule has 0 fully saturated rings. The molecule has 1 amide bonds. The van der Waals surface area contributed by atoms with E-state index in [1.54, 1.807) is 62.3 Å². The average Bonchev–Trinajstić information content (AvgIpc) is 2.47. The van der Waals surface area contributed by atoms with E-state index in [9.17, 15) is 14.4 Å². The summed E-state index contributed by atoms with van der Waals surface area (Å²) >= 11 is 0. The van der Waals surface area contributed by atoms with Crippen LogP contribution in [0.3, 0.4) is 0 Å². The van der Waals surface area contributed by atoms with E-state index in [1.165, 1.54) is 6.08 Å². The fraction of sp³-hybridized carbons (Fsp3) is 0.762. The van der Waals surface area contributed by atoms with Crippen molar-refractivity contribution in [3.8, 4) is 0 Å². The first kappa shape index (κ1) is 28.9. The summed E-state index contributed by atoms with van der Waals surface area (Å²) < 4.78 is 16.1. The van der Waals surface area contributed by atoms with Gasteiger partial charge in [-0.2, -0.15) is 0 Å². The molecule has 0 aliphatic rings. The Morgan fingerprint density at radius 3 is 1.71 bits per heavy atom. The van der Waals surface area contributed by atoms with E-state index in [2.05, 4.69) is 5.32 Å². The SMILES string of the molecule is CC(C)(C)OC(=O)N[C@@H](C[C@H](C/C=C/B(O)O)C(=O)OC(C)(C)C)C(=O)OC(C)(C)C. The maximum absolute atomic E-state index is 12.7.